The van der Waals surface area contributed by atoms with Crippen molar-refractivity contribution >= 4 is 25.6 Å². The van der Waals surface area contributed by atoms with Crippen molar-refractivity contribution in [2.24, 2.45) is 0 Å². The highest BCUT2D eigenvalue weighted by Crippen LogP contribution is 2.25. The van der Waals surface area contributed by atoms with Crippen molar-refractivity contribution in [3.63, 3.8) is 0 Å². The fourth-order valence-electron chi connectivity index (χ4n) is 2.68. The molecule has 1 saturated heterocycles. The Labute approximate surface area is 137 Å². The second kappa shape index (κ2) is 6.60. The van der Waals surface area contributed by atoms with E-state index in [-0.39, 0.29) is 28.7 Å². The normalized spacial score (nSPS) is 20.3. The maximum absolute atomic E-state index is 12.5. The first-order valence-electron chi connectivity index (χ1n) is 7.55. The van der Waals surface area contributed by atoms with Crippen molar-refractivity contribution in [3.05, 3.63) is 29.8 Å². The van der Waals surface area contributed by atoms with Gasteiger partial charge in [0.05, 0.1) is 21.7 Å². The van der Waals surface area contributed by atoms with Crippen LogP contribution in [0.4, 0.5) is 0 Å². The third kappa shape index (κ3) is 3.74. The summed E-state index contributed by atoms with van der Waals surface area (Å²) in [5.41, 5.74) is 0.423. The highest BCUT2D eigenvalue weighted by molar-refractivity contribution is 7.96. The molecule has 6 nitrogen and oxygen atoms in total. The molecule has 2 rings (SSSR count). The van der Waals surface area contributed by atoms with E-state index in [0.29, 0.717) is 18.7 Å². The predicted molar refractivity (Wildman–Crippen MR) is 87.9 cm³/mol. The molecule has 0 radical (unpaired) electrons. The van der Waals surface area contributed by atoms with Gasteiger partial charge in [-0.3, -0.25) is 4.79 Å². The smallest absolute Gasteiger partial charge is 0.253 e. The number of hydrogen-bond acceptors (Lipinski definition) is 5. The second-order valence-electron chi connectivity index (χ2n) is 5.57. The lowest BCUT2D eigenvalue weighted by atomic mass is 10.2. The first-order valence-corrected chi connectivity index (χ1v) is 10.9. The average Bonchev–Trinajstić information content (AvgIpc) is 2.89. The minimum Gasteiger partial charge on any atom is -0.339 e. The maximum atomic E-state index is 12.5. The van der Waals surface area contributed by atoms with Gasteiger partial charge in [-0.1, -0.05) is 0 Å². The molecule has 1 fully saturated rings. The fourth-order valence-corrected chi connectivity index (χ4v) is 7.04. The van der Waals surface area contributed by atoms with Gasteiger partial charge >= 0.3 is 0 Å². The van der Waals surface area contributed by atoms with Crippen molar-refractivity contribution in [2.45, 2.75) is 30.4 Å². The number of sulfone groups is 2. The minimum atomic E-state index is -3.69. The van der Waals surface area contributed by atoms with Crippen LogP contribution in [0.1, 0.15) is 30.6 Å². The Morgan fingerprint density at radius 2 is 1.74 bits per heavy atom. The zero-order valence-corrected chi connectivity index (χ0v) is 14.9. The third-order valence-electron chi connectivity index (χ3n) is 4.11. The Kier molecular flexibility index (Phi) is 5.15. The molecule has 8 heteroatoms. The lowest BCUT2D eigenvalue weighted by Gasteiger charge is -2.18. The summed E-state index contributed by atoms with van der Waals surface area (Å²) < 4.78 is 48.0. The van der Waals surface area contributed by atoms with Crippen molar-refractivity contribution < 1.29 is 21.6 Å². The van der Waals surface area contributed by atoms with E-state index in [1.54, 1.807) is 4.90 Å². The number of rotatable bonds is 5. The van der Waals surface area contributed by atoms with Gasteiger partial charge in [-0.15, -0.1) is 0 Å². The number of nitrogens with zero attached hydrogens (tertiary/aromatic N) is 1. The predicted octanol–water partition coefficient (Wildman–Crippen LogP) is 1.13. The summed E-state index contributed by atoms with van der Waals surface area (Å²) in [4.78, 5) is 13.9. The van der Waals surface area contributed by atoms with Crippen LogP contribution in [0.15, 0.2) is 29.2 Å². The summed E-state index contributed by atoms with van der Waals surface area (Å²) in [7, 11) is -6.95. The second-order valence-corrected chi connectivity index (χ2v) is 10.0. The molecule has 1 heterocycles. The lowest BCUT2D eigenvalue weighted by molar-refractivity contribution is 0.0773. The van der Waals surface area contributed by atoms with Gasteiger partial charge in [0.25, 0.3) is 5.91 Å². The van der Waals surface area contributed by atoms with E-state index in [9.17, 15) is 21.6 Å². The molecule has 1 aliphatic heterocycles. The number of carbonyl (C=O) groups is 1. The largest absolute Gasteiger partial charge is 0.339 e. The van der Waals surface area contributed by atoms with Crippen LogP contribution in [0.5, 0.6) is 0 Å². The van der Waals surface area contributed by atoms with Crippen LogP contribution in [-0.4, -0.2) is 57.5 Å². The SMILES string of the molecule is CCN(CC)C(=O)c1ccc(S(=O)(=O)C2CCS(=O)(=O)C2)cc1. The molecule has 1 aliphatic rings. The van der Waals surface area contributed by atoms with Crippen LogP contribution in [0.3, 0.4) is 0 Å². The molecule has 128 valence electrons. The van der Waals surface area contributed by atoms with E-state index in [1.807, 2.05) is 13.8 Å². The summed E-state index contributed by atoms with van der Waals surface area (Å²) in [5.74, 6) is -0.562. The molecule has 1 aromatic carbocycles. The molecular weight excluding hydrogens is 338 g/mol. The quantitative estimate of drug-likeness (QED) is 0.786. The van der Waals surface area contributed by atoms with Crippen LogP contribution < -0.4 is 0 Å². The van der Waals surface area contributed by atoms with E-state index < -0.39 is 24.9 Å². The number of amides is 1. The molecule has 1 aromatic rings. The highest BCUT2D eigenvalue weighted by Gasteiger charge is 2.38. The molecule has 0 aliphatic carbocycles. The molecule has 23 heavy (non-hydrogen) atoms. The van der Waals surface area contributed by atoms with Gasteiger partial charge in [0.1, 0.15) is 0 Å². The van der Waals surface area contributed by atoms with E-state index in [2.05, 4.69) is 0 Å². The van der Waals surface area contributed by atoms with Gasteiger partial charge in [-0.25, -0.2) is 16.8 Å². The summed E-state index contributed by atoms with van der Waals surface area (Å²) in [5, 5.41) is -0.892. The first-order chi connectivity index (χ1) is 10.7. The van der Waals surface area contributed by atoms with Gasteiger partial charge in [0.2, 0.25) is 0 Å². The number of carbonyl (C=O) groups excluding carboxylic acids is 1. The van der Waals surface area contributed by atoms with Crippen molar-refractivity contribution in [1.82, 2.24) is 4.90 Å². The van der Waals surface area contributed by atoms with Crippen molar-refractivity contribution in [2.75, 3.05) is 24.6 Å². The summed E-state index contributed by atoms with van der Waals surface area (Å²) >= 11 is 0. The monoisotopic (exact) mass is 359 g/mol. The Bertz CT molecular complexity index is 778. The van der Waals surface area contributed by atoms with Gasteiger partial charge in [-0.2, -0.15) is 0 Å². The molecule has 0 saturated carbocycles. The van der Waals surface area contributed by atoms with Crippen LogP contribution in [0.25, 0.3) is 0 Å². The molecular formula is C15H21NO5S2. The Balaban J connectivity index is 2.24. The summed E-state index contributed by atoms with van der Waals surface area (Å²) in [6.07, 6.45) is 0.130. The van der Waals surface area contributed by atoms with E-state index in [4.69, 9.17) is 0 Å². The van der Waals surface area contributed by atoms with E-state index in [1.165, 1.54) is 24.3 Å². The standard InChI is InChI=1S/C15H21NO5S2/c1-3-16(4-2)15(17)12-5-7-13(8-6-12)23(20,21)14-9-10-22(18,19)11-14/h5-8,14H,3-4,9-11H2,1-2H3. The topological polar surface area (TPSA) is 88.6 Å². The Hall–Kier alpha value is -1.41. The highest BCUT2D eigenvalue weighted by atomic mass is 32.2. The van der Waals surface area contributed by atoms with E-state index in [0.717, 1.165) is 0 Å². The van der Waals surface area contributed by atoms with Gasteiger partial charge in [0.15, 0.2) is 19.7 Å². The van der Waals surface area contributed by atoms with Crippen LogP contribution >= 0.6 is 0 Å². The van der Waals surface area contributed by atoms with Gasteiger partial charge in [-0.05, 0) is 44.5 Å². The third-order valence-corrected chi connectivity index (χ3v) is 8.30. The molecule has 0 N–H and O–H groups in total. The molecule has 0 spiro atoms. The van der Waals surface area contributed by atoms with Crippen molar-refractivity contribution in [1.29, 1.82) is 0 Å². The Morgan fingerprint density at radius 1 is 1.17 bits per heavy atom. The average molecular weight is 359 g/mol. The molecule has 1 amide bonds. The Morgan fingerprint density at radius 3 is 2.17 bits per heavy atom. The molecule has 1 atom stereocenters. The zero-order chi connectivity index (χ0) is 17.3. The fraction of sp³-hybridized carbons (Fsp3) is 0.533. The minimum absolute atomic E-state index is 0.0655. The summed E-state index contributed by atoms with van der Waals surface area (Å²) in [6.45, 7) is 4.91. The van der Waals surface area contributed by atoms with Gasteiger partial charge < -0.3 is 4.90 Å². The summed E-state index contributed by atoms with van der Waals surface area (Å²) in [6, 6.07) is 5.74. The molecule has 1 unspecified atom stereocenters. The lowest BCUT2D eigenvalue weighted by Crippen LogP contribution is -2.30. The van der Waals surface area contributed by atoms with Crippen molar-refractivity contribution in [3.8, 4) is 0 Å². The first kappa shape index (κ1) is 17.9. The van der Waals surface area contributed by atoms with E-state index >= 15 is 0 Å². The van der Waals surface area contributed by atoms with Crippen LogP contribution in [0, 0.1) is 0 Å². The molecule has 0 bridgehead atoms. The number of hydrogen-bond donors (Lipinski definition) is 0. The molecule has 0 aromatic heterocycles. The maximum Gasteiger partial charge on any atom is 0.253 e. The zero-order valence-electron chi connectivity index (χ0n) is 13.2. The van der Waals surface area contributed by atoms with Crippen LogP contribution in [0.2, 0.25) is 0 Å². The van der Waals surface area contributed by atoms with Gasteiger partial charge in [0, 0.05) is 18.7 Å². The van der Waals surface area contributed by atoms with Crippen LogP contribution in [-0.2, 0) is 19.7 Å². The number of benzene rings is 1.